The van der Waals surface area contributed by atoms with Crippen LogP contribution >= 0.6 is 0 Å². The van der Waals surface area contributed by atoms with Crippen LogP contribution in [0.15, 0.2) is 6.20 Å². The monoisotopic (exact) mass is 296 g/mol. The minimum absolute atomic E-state index is 0.0955. The van der Waals surface area contributed by atoms with E-state index in [1.807, 2.05) is 11.6 Å². The van der Waals surface area contributed by atoms with Crippen LogP contribution in [0.5, 0.6) is 0 Å². The van der Waals surface area contributed by atoms with E-state index in [0.29, 0.717) is 11.6 Å². The van der Waals surface area contributed by atoms with Crippen molar-refractivity contribution in [3.8, 4) is 0 Å². The standard InChI is InChI=1S/C14H24N4O3/c1-4-12-11(9-16-18(12)8-6-10(2)3)17-14(21)15-7-5-13(19)20/h9-10H,4-8H2,1-3H3,(H,19,20)(H2,15,17,21). The second-order valence-electron chi connectivity index (χ2n) is 5.29. The fourth-order valence-electron chi connectivity index (χ4n) is 1.91. The van der Waals surface area contributed by atoms with Crippen LogP contribution in [-0.2, 0) is 17.8 Å². The van der Waals surface area contributed by atoms with Gasteiger partial charge in [0, 0.05) is 13.1 Å². The number of aliphatic carboxylic acids is 1. The molecule has 0 radical (unpaired) electrons. The normalized spacial score (nSPS) is 10.7. The molecule has 0 spiro atoms. The van der Waals surface area contributed by atoms with Gasteiger partial charge in [-0.1, -0.05) is 20.8 Å². The number of carbonyl (C=O) groups is 2. The number of urea groups is 1. The molecule has 7 heteroatoms. The first kappa shape index (κ1) is 17.0. The van der Waals surface area contributed by atoms with Gasteiger partial charge in [-0.3, -0.25) is 9.48 Å². The Labute approximate surface area is 124 Å². The second kappa shape index (κ2) is 8.28. The molecule has 7 nitrogen and oxygen atoms in total. The number of hydrogen-bond acceptors (Lipinski definition) is 3. The van der Waals surface area contributed by atoms with Crippen molar-refractivity contribution in [2.75, 3.05) is 11.9 Å². The van der Waals surface area contributed by atoms with Gasteiger partial charge in [-0.15, -0.1) is 0 Å². The largest absolute Gasteiger partial charge is 0.481 e. The molecule has 0 aliphatic heterocycles. The molecule has 0 saturated carbocycles. The molecule has 3 N–H and O–H groups in total. The van der Waals surface area contributed by atoms with Gasteiger partial charge in [-0.25, -0.2) is 4.79 Å². The quantitative estimate of drug-likeness (QED) is 0.684. The molecule has 0 fully saturated rings. The smallest absolute Gasteiger partial charge is 0.319 e. The number of nitrogens with zero attached hydrogens (tertiary/aromatic N) is 2. The first-order valence-corrected chi connectivity index (χ1v) is 7.25. The lowest BCUT2D eigenvalue weighted by Crippen LogP contribution is -2.30. The molecule has 21 heavy (non-hydrogen) atoms. The minimum atomic E-state index is -0.939. The third-order valence-electron chi connectivity index (χ3n) is 3.07. The Morgan fingerprint density at radius 1 is 1.43 bits per heavy atom. The summed E-state index contributed by atoms with van der Waals surface area (Å²) in [6.45, 7) is 7.25. The highest BCUT2D eigenvalue weighted by molar-refractivity contribution is 5.89. The Morgan fingerprint density at radius 2 is 2.14 bits per heavy atom. The molecule has 0 atom stereocenters. The van der Waals surface area contributed by atoms with Gasteiger partial charge in [-0.05, 0) is 18.8 Å². The summed E-state index contributed by atoms with van der Waals surface area (Å²) in [6, 6.07) is -0.408. The lowest BCUT2D eigenvalue weighted by atomic mass is 10.1. The zero-order chi connectivity index (χ0) is 15.8. The summed E-state index contributed by atoms with van der Waals surface area (Å²) in [5.74, 6) is -0.347. The van der Waals surface area contributed by atoms with E-state index in [9.17, 15) is 9.59 Å². The molecule has 0 bridgehead atoms. The lowest BCUT2D eigenvalue weighted by Gasteiger charge is -2.10. The molecule has 1 rings (SSSR count). The van der Waals surface area contributed by atoms with E-state index < -0.39 is 12.0 Å². The summed E-state index contributed by atoms with van der Waals surface area (Å²) in [4.78, 5) is 22.1. The fourth-order valence-corrected chi connectivity index (χ4v) is 1.91. The molecule has 0 unspecified atom stereocenters. The SMILES string of the molecule is CCc1c(NC(=O)NCCC(=O)O)cnn1CCC(C)C. The first-order chi connectivity index (χ1) is 9.93. The van der Waals surface area contributed by atoms with Gasteiger partial charge >= 0.3 is 12.0 Å². The average molecular weight is 296 g/mol. The maximum absolute atomic E-state index is 11.7. The maximum Gasteiger partial charge on any atom is 0.319 e. The second-order valence-corrected chi connectivity index (χ2v) is 5.29. The van der Waals surface area contributed by atoms with Gasteiger partial charge in [0.15, 0.2) is 0 Å². The van der Waals surface area contributed by atoms with E-state index in [4.69, 9.17) is 5.11 Å². The first-order valence-electron chi connectivity index (χ1n) is 7.25. The van der Waals surface area contributed by atoms with E-state index in [1.165, 1.54) is 0 Å². The molecule has 0 aromatic carbocycles. The van der Waals surface area contributed by atoms with E-state index in [1.54, 1.807) is 6.20 Å². The molecular weight excluding hydrogens is 272 g/mol. The zero-order valence-electron chi connectivity index (χ0n) is 12.8. The van der Waals surface area contributed by atoms with E-state index in [0.717, 1.165) is 25.1 Å². The van der Waals surface area contributed by atoms with Crippen LogP contribution < -0.4 is 10.6 Å². The number of carbonyl (C=O) groups excluding carboxylic acids is 1. The number of aryl methyl sites for hydroxylation is 1. The summed E-state index contributed by atoms with van der Waals surface area (Å²) in [5.41, 5.74) is 1.65. The highest BCUT2D eigenvalue weighted by Crippen LogP contribution is 2.17. The Morgan fingerprint density at radius 3 is 2.71 bits per heavy atom. The van der Waals surface area contributed by atoms with Crippen molar-refractivity contribution in [1.29, 1.82) is 0 Å². The Bertz CT molecular complexity index is 483. The fraction of sp³-hybridized carbons (Fsp3) is 0.643. The van der Waals surface area contributed by atoms with Gasteiger partial charge in [0.2, 0.25) is 0 Å². The minimum Gasteiger partial charge on any atom is -0.481 e. The van der Waals surface area contributed by atoms with Crippen molar-refractivity contribution in [3.63, 3.8) is 0 Å². The van der Waals surface area contributed by atoms with Crippen molar-refractivity contribution in [1.82, 2.24) is 15.1 Å². The van der Waals surface area contributed by atoms with Gasteiger partial charge in [-0.2, -0.15) is 5.10 Å². The number of anilines is 1. The van der Waals surface area contributed by atoms with E-state index in [2.05, 4.69) is 29.6 Å². The molecule has 1 aromatic rings. The van der Waals surface area contributed by atoms with Crippen LogP contribution in [-0.4, -0.2) is 33.4 Å². The molecule has 0 aliphatic carbocycles. The third kappa shape index (κ3) is 5.85. The predicted molar refractivity (Wildman–Crippen MR) is 80.3 cm³/mol. The average Bonchev–Trinajstić information content (AvgIpc) is 2.77. The highest BCUT2D eigenvalue weighted by atomic mass is 16.4. The molecule has 2 amide bonds. The zero-order valence-corrected chi connectivity index (χ0v) is 12.8. The summed E-state index contributed by atoms with van der Waals surface area (Å²) in [7, 11) is 0. The summed E-state index contributed by atoms with van der Waals surface area (Å²) in [5, 5.41) is 18.0. The van der Waals surface area contributed by atoms with Crippen LogP contribution in [0.4, 0.5) is 10.5 Å². The van der Waals surface area contributed by atoms with E-state index in [-0.39, 0.29) is 13.0 Å². The van der Waals surface area contributed by atoms with Crippen LogP contribution in [0, 0.1) is 5.92 Å². The van der Waals surface area contributed by atoms with Crippen molar-refractivity contribution >= 4 is 17.7 Å². The number of nitrogens with one attached hydrogen (secondary N) is 2. The highest BCUT2D eigenvalue weighted by Gasteiger charge is 2.12. The molecule has 0 saturated heterocycles. The number of aromatic nitrogens is 2. The number of amides is 2. The van der Waals surface area contributed by atoms with Gasteiger partial charge < -0.3 is 15.7 Å². The van der Waals surface area contributed by atoms with Crippen molar-refractivity contribution in [2.45, 2.75) is 46.6 Å². The molecular formula is C14H24N4O3. The van der Waals surface area contributed by atoms with Gasteiger partial charge in [0.25, 0.3) is 0 Å². The topological polar surface area (TPSA) is 96.2 Å². The molecule has 0 aliphatic rings. The summed E-state index contributed by atoms with van der Waals surface area (Å²) < 4.78 is 1.91. The van der Waals surface area contributed by atoms with Crippen molar-refractivity contribution in [3.05, 3.63) is 11.9 Å². The lowest BCUT2D eigenvalue weighted by molar-refractivity contribution is -0.136. The number of rotatable bonds is 8. The van der Waals surface area contributed by atoms with Crippen molar-refractivity contribution < 1.29 is 14.7 Å². The number of carboxylic acid groups (broad SMARTS) is 1. The summed E-state index contributed by atoms with van der Waals surface area (Å²) in [6.07, 6.45) is 3.33. The summed E-state index contributed by atoms with van der Waals surface area (Å²) >= 11 is 0. The van der Waals surface area contributed by atoms with Crippen LogP contribution in [0.3, 0.4) is 0 Å². The van der Waals surface area contributed by atoms with Gasteiger partial charge in [0.1, 0.15) is 0 Å². The Hall–Kier alpha value is -2.05. The van der Waals surface area contributed by atoms with Gasteiger partial charge in [0.05, 0.1) is 24.0 Å². The Balaban J connectivity index is 2.58. The number of hydrogen-bond donors (Lipinski definition) is 3. The third-order valence-corrected chi connectivity index (χ3v) is 3.07. The van der Waals surface area contributed by atoms with Crippen LogP contribution in [0.2, 0.25) is 0 Å². The predicted octanol–water partition coefficient (Wildman–Crippen LogP) is 2.09. The molecule has 1 aromatic heterocycles. The molecule has 118 valence electrons. The number of carboxylic acids is 1. The van der Waals surface area contributed by atoms with E-state index >= 15 is 0 Å². The Kier molecular flexibility index (Phi) is 6.71. The van der Waals surface area contributed by atoms with Crippen LogP contribution in [0.25, 0.3) is 0 Å². The van der Waals surface area contributed by atoms with Crippen LogP contribution in [0.1, 0.15) is 39.3 Å². The maximum atomic E-state index is 11.7. The van der Waals surface area contributed by atoms with Crippen molar-refractivity contribution in [2.24, 2.45) is 5.92 Å². The molecule has 1 heterocycles.